The van der Waals surface area contributed by atoms with Crippen LogP contribution < -0.4 is 5.32 Å². The number of hydrogen-bond donors (Lipinski definition) is 1. The van der Waals surface area contributed by atoms with Gasteiger partial charge in [-0.3, -0.25) is 0 Å². The SMILES string of the molecule is Cc1ccc([C@@H](C)NC(C)c2scnc2C)cc1. The van der Waals surface area contributed by atoms with E-state index >= 15 is 0 Å². The van der Waals surface area contributed by atoms with Gasteiger partial charge in [0.1, 0.15) is 0 Å². The summed E-state index contributed by atoms with van der Waals surface area (Å²) in [5, 5.41) is 3.63. The molecule has 2 atom stereocenters. The predicted molar refractivity (Wildman–Crippen MR) is 78.0 cm³/mol. The Morgan fingerprint density at radius 2 is 1.72 bits per heavy atom. The lowest BCUT2D eigenvalue weighted by molar-refractivity contribution is 0.498. The smallest absolute Gasteiger partial charge is 0.0798 e. The molecule has 0 saturated heterocycles. The van der Waals surface area contributed by atoms with Crippen molar-refractivity contribution in [3.05, 3.63) is 51.5 Å². The number of nitrogens with one attached hydrogen (secondary N) is 1. The minimum atomic E-state index is 0.341. The fraction of sp³-hybridized carbons (Fsp3) is 0.400. The summed E-state index contributed by atoms with van der Waals surface area (Å²) in [5.41, 5.74) is 5.68. The molecule has 0 aliphatic heterocycles. The van der Waals surface area contributed by atoms with Crippen molar-refractivity contribution < 1.29 is 0 Å². The van der Waals surface area contributed by atoms with E-state index in [4.69, 9.17) is 0 Å². The Morgan fingerprint density at radius 1 is 1.06 bits per heavy atom. The van der Waals surface area contributed by atoms with E-state index in [-0.39, 0.29) is 0 Å². The summed E-state index contributed by atoms with van der Waals surface area (Å²) in [6.07, 6.45) is 0. The minimum Gasteiger partial charge on any atom is -0.303 e. The monoisotopic (exact) mass is 260 g/mol. The number of rotatable bonds is 4. The zero-order valence-corrected chi connectivity index (χ0v) is 12.2. The van der Waals surface area contributed by atoms with E-state index in [2.05, 4.69) is 62.3 Å². The van der Waals surface area contributed by atoms with Crippen LogP contribution in [0.1, 0.15) is 47.6 Å². The third-order valence-electron chi connectivity index (χ3n) is 3.25. The summed E-state index contributed by atoms with van der Waals surface area (Å²) < 4.78 is 0. The first-order valence-corrected chi connectivity index (χ1v) is 7.18. The fourth-order valence-electron chi connectivity index (χ4n) is 2.13. The summed E-state index contributed by atoms with van der Waals surface area (Å²) in [6.45, 7) is 8.59. The molecule has 2 rings (SSSR count). The van der Waals surface area contributed by atoms with Crippen LogP contribution in [0.4, 0.5) is 0 Å². The van der Waals surface area contributed by atoms with Crippen molar-refractivity contribution in [2.75, 3.05) is 0 Å². The third kappa shape index (κ3) is 2.98. The molecule has 3 heteroatoms. The second kappa shape index (κ2) is 5.63. The summed E-state index contributed by atoms with van der Waals surface area (Å²) in [6, 6.07) is 9.40. The average molecular weight is 260 g/mol. The van der Waals surface area contributed by atoms with Crippen molar-refractivity contribution in [2.45, 2.75) is 39.8 Å². The van der Waals surface area contributed by atoms with Crippen LogP contribution in [0.3, 0.4) is 0 Å². The molecule has 1 aromatic heterocycles. The molecule has 1 heterocycles. The maximum Gasteiger partial charge on any atom is 0.0798 e. The number of thiazole rings is 1. The van der Waals surface area contributed by atoms with Gasteiger partial charge in [0.15, 0.2) is 0 Å². The van der Waals surface area contributed by atoms with Gasteiger partial charge in [-0.15, -0.1) is 11.3 Å². The van der Waals surface area contributed by atoms with Crippen molar-refractivity contribution in [2.24, 2.45) is 0 Å². The number of nitrogens with zero attached hydrogens (tertiary/aromatic N) is 1. The maximum absolute atomic E-state index is 4.31. The van der Waals surface area contributed by atoms with Crippen LogP contribution in [-0.4, -0.2) is 4.98 Å². The quantitative estimate of drug-likeness (QED) is 0.892. The van der Waals surface area contributed by atoms with Crippen LogP contribution in [-0.2, 0) is 0 Å². The molecule has 96 valence electrons. The van der Waals surface area contributed by atoms with Crippen molar-refractivity contribution in [1.82, 2.24) is 10.3 Å². The van der Waals surface area contributed by atoms with Crippen molar-refractivity contribution >= 4 is 11.3 Å². The molecule has 1 unspecified atom stereocenters. The summed E-state index contributed by atoms with van der Waals surface area (Å²) >= 11 is 1.72. The van der Waals surface area contributed by atoms with E-state index in [0.29, 0.717) is 12.1 Å². The van der Waals surface area contributed by atoms with Crippen LogP contribution in [0.2, 0.25) is 0 Å². The molecule has 1 N–H and O–H groups in total. The van der Waals surface area contributed by atoms with Gasteiger partial charge in [0.05, 0.1) is 11.2 Å². The van der Waals surface area contributed by atoms with Crippen LogP contribution >= 0.6 is 11.3 Å². The molecule has 0 bridgehead atoms. The molecule has 0 saturated carbocycles. The molecule has 0 spiro atoms. The van der Waals surface area contributed by atoms with Crippen molar-refractivity contribution in [1.29, 1.82) is 0 Å². The van der Waals surface area contributed by atoms with E-state index in [0.717, 1.165) is 5.69 Å². The Balaban J connectivity index is 2.05. The number of benzene rings is 1. The molecule has 2 aromatic rings. The minimum absolute atomic E-state index is 0.341. The predicted octanol–water partition coefficient (Wildman–Crippen LogP) is 4.17. The van der Waals surface area contributed by atoms with Gasteiger partial charge in [-0.05, 0) is 33.3 Å². The normalized spacial score (nSPS) is 14.4. The fourth-order valence-corrected chi connectivity index (χ4v) is 2.95. The molecule has 2 nitrogen and oxygen atoms in total. The van der Waals surface area contributed by atoms with Gasteiger partial charge in [-0.2, -0.15) is 0 Å². The number of aromatic nitrogens is 1. The Labute approximate surface area is 113 Å². The van der Waals surface area contributed by atoms with Crippen LogP contribution in [0.15, 0.2) is 29.8 Å². The second-order valence-electron chi connectivity index (χ2n) is 4.82. The Morgan fingerprint density at radius 3 is 2.28 bits per heavy atom. The summed E-state index contributed by atoms with van der Waals surface area (Å²) in [4.78, 5) is 5.64. The molecule has 0 aliphatic rings. The maximum atomic E-state index is 4.31. The van der Waals surface area contributed by atoms with E-state index in [1.165, 1.54) is 16.0 Å². The van der Waals surface area contributed by atoms with E-state index in [9.17, 15) is 0 Å². The average Bonchev–Trinajstić information content (AvgIpc) is 2.76. The zero-order chi connectivity index (χ0) is 13.1. The van der Waals surface area contributed by atoms with Gasteiger partial charge in [0.2, 0.25) is 0 Å². The first kappa shape index (κ1) is 13.2. The molecule has 0 aliphatic carbocycles. The lowest BCUT2D eigenvalue weighted by Gasteiger charge is -2.20. The Bertz CT molecular complexity index is 501. The molecule has 0 radical (unpaired) electrons. The molecular formula is C15H20N2S. The third-order valence-corrected chi connectivity index (χ3v) is 4.37. The van der Waals surface area contributed by atoms with Crippen LogP contribution in [0.25, 0.3) is 0 Å². The van der Waals surface area contributed by atoms with Crippen molar-refractivity contribution in [3.8, 4) is 0 Å². The molecule has 18 heavy (non-hydrogen) atoms. The van der Waals surface area contributed by atoms with Crippen molar-refractivity contribution in [3.63, 3.8) is 0 Å². The standard InChI is InChI=1S/C15H20N2S/c1-10-5-7-14(8-6-10)11(2)17-13(4)15-12(3)16-9-18-15/h5-9,11,13,17H,1-4H3/t11-,13?/m1/s1. The molecule has 1 aromatic carbocycles. The Kier molecular flexibility index (Phi) is 4.15. The lowest BCUT2D eigenvalue weighted by atomic mass is 10.1. The van der Waals surface area contributed by atoms with Gasteiger partial charge < -0.3 is 5.32 Å². The highest BCUT2D eigenvalue weighted by Gasteiger charge is 2.14. The first-order chi connectivity index (χ1) is 8.58. The highest BCUT2D eigenvalue weighted by atomic mass is 32.1. The van der Waals surface area contributed by atoms with E-state index < -0.39 is 0 Å². The van der Waals surface area contributed by atoms with Gasteiger partial charge in [0, 0.05) is 17.0 Å². The molecule has 0 amide bonds. The van der Waals surface area contributed by atoms with E-state index in [1.807, 2.05) is 5.51 Å². The topological polar surface area (TPSA) is 24.9 Å². The Hall–Kier alpha value is -1.19. The molecule has 0 fully saturated rings. The first-order valence-electron chi connectivity index (χ1n) is 6.30. The highest BCUT2D eigenvalue weighted by molar-refractivity contribution is 7.09. The van der Waals surface area contributed by atoms with Crippen LogP contribution in [0.5, 0.6) is 0 Å². The number of aryl methyl sites for hydroxylation is 2. The van der Waals surface area contributed by atoms with Crippen LogP contribution in [0, 0.1) is 13.8 Å². The van der Waals surface area contributed by atoms with Gasteiger partial charge >= 0.3 is 0 Å². The van der Waals surface area contributed by atoms with E-state index in [1.54, 1.807) is 11.3 Å². The van der Waals surface area contributed by atoms with Gasteiger partial charge in [-0.25, -0.2) is 4.98 Å². The zero-order valence-electron chi connectivity index (χ0n) is 11.4. The summed E-state index contributed by atoms with van der Waals surface area (Å²) in [7, 11) is 0. The van der Waals surface area contributed by atoms with Gasteiger partial charge in [0.25, 0.3) is 0 Å². The van der Waals surface area contributed by atoms with Gasteiger partial charge in [-0.1, -0.05) is 29.8 Å². The highest BCUT2D eigenvalue weighted by Crippen LogP contribution is 2.24. The number of hydrogen-bond acceptors (Lipinski definition) is 3. The molecular weight excluding hydrogens is 240 g/mol. The summed E-state index contributed by atoms with van der Waals surface area (Å²) in [5.74, 6) is 0. The largest absolute Gasteiger partial charge is 0.303 e. The second-order valence-corrected chi connectivity index (χ2v) is 5.71. The lowest BCUT2D eigenvalue weighted by Crippen LogP contribution is -2.22.